The van der Waals surface area contributed by atoms with E-state index in [1.54, 1.807) is 0 Å². The highest BCUT2D eigenvalue weighted by atomic mass is 127. The molecule has 0 unspecified atom stereocenters. The normalized spacial score (nSPS) is 10.7. The van der Waals surface area contributed by atoms with E-state index in [0.29, 0.717) is 6.54 Å². The molecule has 0 radical (unpaired) electrons. The maximum atomic E-state index is 5.64. The third-order valence-electron chi connectivity index (χ3n) is 3.05. The van der Waals surface area contributed by atoms with Crippen molar-refractivity contribution in [2.75, 3.05) is 5.32 Å². The summed E-state index contributed by atoms with van der Waals surface area (Å²) in [6.07, 6.45) is 1.83. The van der Waals surface area contributed by atoms with Crippen molar-refractivity contribution >= 4 is 28.3 Å². The second kappa shape index (κ2) is 5.70. The van der Waals surface area contributed by atoms with Crippen LogP contribution < -0.4 is 5.32 Å². The number of aryl methyl sites for hydroxylation is 1. The van der Waals surface area contributed by atoms with E-state index in [1.807, 2.05) is 37.4 Å². The van der Waals surface area contributed by atoms with Crippen molar-refractivity contribution in [1.82, 2.24) is 10.2 Å². The van der Waals surface area contributed by atoms with Gasteiger partial charge in [0.1, 0.15) is 11.5 Å². The number of hydrogen-bond donors (Lipinski definition) is 2. The summed E-state index contributed by atoms with van der Waals surface area (Å²) in [5.74, 6) is 1.71. The highest BCUT2D eigenvalue weighted by molar-refractivity contribution is 14.1. The lowest BCUT2D eigenvalue weighted by Crippen LogP contribution is -2.01. The summed E-state index contributed by atoms with van der Waals surface area (Å²) in [6, 6.07) is 12.1. The van der Waals surface area contributed by atoms with Gasteiger partial charge in [-0.2, -0.15) is 5.10 Å². The minimum atomic E-state index is 0.700. The first-order valence-electron chi connectivity index (χ1n) is 6.31. The van der Waals surface area contributed by atoms with Crippen molar-refractivity contribution in [3.63, 3.8) is 0 Å². The van der Waals surface area contributed by atoms with Crippen LogP contribution in [0.3, 0.4) is 0 Å². The quantitative estimate of drug-likeness (QED) is 0.669. The number of anilines is 1. The summed E-state index contributed by atoms with van der Waals surface area (Å²) >= 11 is 2.32. The number of aromatic nitrogens is 2. The zero-order valence-corrected chi connectivity index (χ0v) is 13.1. The minimum absolute atomic E-state index is 0.700. The molecule has 0 saturated heterocycles. The zero-order valence-electron chi connectivity index (χ0n) is 11.0. The van der Waals surface area contributed by atoms with Gasteiger partial charge in [-0.15, -0.1) is 0 Å². The summed E-state index contributed by atoms with van der Waals surface area (Å²) in [6.45, 7) is 2.63. The Bertz CT molecular complexity index is 717. The summed E-state index contributed by atoms with van der Waals surface area (Å²) in [7, 11) is 0. The van der Waals surface area contributed by atoms with Gasteiger partial charge in [0.05, 0.1) is 6.20 Å². The van der Waals surface area contributed by atoms with Gasteiger partial charge in [-0.1, -0.05) is 12.1 Å². The van der Waals surface area contributed by atoms with E-state index in [-0.39, 0.29) is 0 Å². The van der Waals surface area contributed by atoms with Gasteiger partial charge >= 0.3 is 0 Å². The van der Waals surface area contributed by atoms with Gasteiger partial charge in [0.2, 0.25) is 0 Å². The van der Waals surface area contributed by atoms with Crippen LogP contribution in [0.25, 0.3) is 11.5 Å². The molecule has 20 heavy (non-hydrogen) atoms. The van der Waals surface area contributed by atoms with Crippen molar-refractivity contribution in [3.05, 3.63) is 57.5 Å². The van der Waals surface area contributed by atoms with Gasteiger partial charge in [0.25, 0.3) is 0 Å². The van der Waals surface area contributed by atoms with Crippen LogP contribution in [-0.2, 0) is 6.54 Å². The monoisotopic (exact) mass is 379 g/mol. The van der Waals surface area contributed by atoms with Crippen molar-refractivity contribution in [3.8, 4) is 11.5 Å². The van der Waals surface area contributed by atoms with Gasteiger partial charge in [-0.3, -0.25) is 5.10 Å². The first kappa shape index (κ1) is 13.2. The van der Waals surface area contributed by atoms with Crippen LogP contribution in [0.4, 0.5) is 5.69 Å². The number of benzene rings is 1. The highest BCUT2D eigenvalue weighted by Gasteiger charge is 2.11. The fraction of sp³-hybridized carbons (Fsp3) is 0.133. The molecule has 0 saturated carbocycles. The summed E-state index contributed by atoms with van der Waals surface area (Å²) in [4.78, 5) is 0. The Morgan fingerprint density at radius 1 is 1.25 bits per heavy atom. The zero-order chi connectivity index (χ0) is 13.9. The Labute approximate surface area is 130 Å². The molecule has 0 atom stereocenters. The number of H-pyrrole nitrogens is 1. The lowest BCUT2D eigenvalue weighted by Gasteiger charge is -2.08. The number of para-hydroxylation sites is 1. The molecule has 0 spiro atoms. The van der Waals surface area contributed by atoms with E-state index < -0.39 is 0 Å². The second-order valence-corrected chi connectivity index (χ2v) is 5.68. The van der Waals surface area contributed by atoms with Crippen molar-refractivity contribution in [1.29, 1.82) is 0 Å². The van der Waals surface area contributed by atoms with Crippen LogP contribution in [-0.4, -0.2) is 10.2 Å². The van der Waals surface area contributed by atoms with E-state index in [1.165, 1.54) is 3.57 Å². The van der Waals surface area contributed by atoms with Crippen LogP contribution in [0, 0.1) is 10.5 Å². The molecule has 102 valence electrons. The maximum Gasteiger partial charge on any atom is 0.152 e. The molecule has 3 aromatic rings. The molecule has 5 heteroatoms. The third kappa shape index (κ3) is 2.72. The third-order valence-corrected chi connectivity index (χ3v) is 3.99. The lowest BCUT2D eigenvalue weighted by molar-refractivity contribution is 0.545. The summed E-state index contributed by atoms with van der Waals surface area (Å²) in [5.41, 5.74) is 3.13. The molecule has 0 fully saturated rings. The molecular weight excluding hydrogens is 365 g/mol. The van der Waals surface area contributed by atoms with Gasteiger partial charge in [-0.05, 0) is 53.8 Å². The van der Waals surface area contributed by atoms with E-state index >= 15 is 0 Å². The lowest BCUT2D eigenvalue weighted by atomic mass is 10.2. The first-order valence-corrected chi connectivity index (χ1v) is 7.39. The summed E-state index contributed by atoms with van der Waals surface area (Å²) < 4.78 is 6.84. The van der Waals surface area contributed by atoms with Gasteiger partial charge in [0.15, 0.2) is 5.76 Å². The smallest absolute Gasteiger partial charge is 0.152 e. The molecule has 0 bridgehead atoms. The van der Waals surface area contributed by atoms with Crippen molar-refractivity contribution in [2.45, 2.75) is 13.5 Å². The minimum Gasteiger partial charge on any atom is -0.460 e. The van der Waals surface area contributed by atoms with Crippen LogP contribution in [0.5, 0.6) is 0 Å². The average molecular weight is 379 g/mol. The molecule has 0 amide bonds. The Hall–Kier alpha value is -1.76. The molecule has 2 N–H and O–H groups in total. The largest absolute Gasteiger partial charge is 0.460 e. The number of aromatic amines is 1. The topological polar surface area (TPSA) is 53.9 Å². The molecular formula is C15H14IN3O. The molecule has 1 aromatic carbocycles. The van der Waals surface area contributed by atoms with E-state index in [9.17, 15) is 0 Å². The SMILES string of the molecule is Cc1ccc(-c2[nH]ncc2CNc2ccccc2I)o1. The van der Waals surface area contributed by atoms with Crippen LogP contribution >= 0.6 is 22.6 Å². The Kier molecular flexibility index (Phi) is 3.77. The predicted molar refractivity (Wildman–Crippen MR) is 87.5 cm³/mol. The average Bonchev–Trinajstić information content (AvgIpc) is 3.06. The van der Waals surface area contributed by atoms with E-state index in [2.05, 4.69) is 50.2 Å². The molecule has 2 aromatic heterocycles. The number of nitrogens with one attached hydrogen (secondary N) is 2. The Morgan fingerprint density at radius 3 is 2.85 bits per heavy atom. The second-order valence-electron chi connectivity index (χ2n) is 4.51. The van der Waals surface area contributed by atoms with Crippen LogP contribution in [0.15, 0.2) is 47.0 Å². The van der Waals surface area contributed by atoms with E-state index in [4.69, 9.17) is 4.42 Å². The standard InChI is InChI=1S/C15H14IN3O/c1-10-6-7-14(20-10)15-11(9-18-19-15)8-17-13-5-3-2-4-12(13)16/h2-7,9,17H,8H2,1H3,(H,18,19). The highest BCUT2D eigenvalue weighted by Crippen LogP contribution is 2.25. The van der Waals surface area contributed by atoms with E-state index in [0.717, 1.165) is 28.5 Å². The molecule has 3 rings (SSSR count). The number of hydrogen-bond acceptors (Lipinski definition) is 3. The molecule has 0 aliphatic heterocycles. The number of rotatable bonds is 4. The molecule has 4 nitrogen and oxygen atoms in total. The fourth-order valence-corrected chi connectivity index (χ4v) is 2.60. The summed E-state index contributed by atoms with van der Waals surface area (Å²) in [5, 5.41) is 10.5. The van der Waals surface area contributed by atoms with Crippen molar-refractivity contribution < 1.29 is 4.42 Å². The first-order chi connectivity index (χ1) is 9.74. The van der Waals surface area contributed by atoms with Crippen molar-refractivity contribution in [2.24, 2.45) is 0 Å². The number of halogens is 1. The Morgan fingerprint density at radius 2 is 2.10 bits per heavy atom. The molecule has 0 aliphatic rings. The Balaban J connectivity index is 1.79. The predicted octanol–water partition coefficient (Wildman–Crippen LogP) is 4.19. The van der Waals surface area contributed by atoms with Crippen LogP contribution in [0.1, 0.15) is 11.3 Å². The maximum absolute atomic E-state index is 5.64. The van der Waals surface area contributed by atoms with Crippen LogP contribution in [0.2, 0.25) is 0 Å². The number of nitrogens with zero attached hydrogens (tertiary/aromatic N) is 1. The number of furan rings is 1. The van der Waals surface area contributed by atoms with Gasteiger partial charge < -0.3 is 9.73 Å². The fourth-order valence-electron chi connectivity index (χ4n) is 2.02. The molecule has 2 heterocycles. The van der Waals surface area contributed by atoms with Gasteiger partial charge in [0, 0.05) is 21.4 Å². The van der Waals surface area contributed by atoms with Gasteiger partial charge in [-0.25, -0.2) is 0 Å². The molecule has 0 aliphatic carbocycles.